The summed E-state index contributed by atoms with van der Waals surface area (Å²) in [5.74, 6) is -0.650. The molecule has 7 nitrogen and oxygen atoms in total. The van der Waals surface area contributed by atoms with Gasteiger partial charge in [-0.25, -0.2) is 4.79 Å². The van der Waals surface area contributed by atoms with Crippen LogP contribution in [0.4, 0.5) is 0 Å². The summed E-state index contributed by atoms with van der Waals surface area (Å²) in [6.45, 7) is 1.44. The van der Waals surface area contributed by atoms with Gasteiger partial charge in [0.25, 0.3) is 0 Å². The number of para-hydroxylation sites is 1. The van der Waals surface area contributed by atoms with Crippen LogP contribution in [0.25, 0.3) is 0 Å². The minimum absolute atomic E-state index is 0.0872. The molecule has 0 saturated carbocycles. The lowest BCUT2D eigenvalue weighted by atomic mass is 10.0. The highest BCUT2D eigenvalue weighted by molar-refractivity contribution is 5.94. The van der Waals surface area contributed by atoms with Crippen molar-refractivity contribution in [1.29, 1.82) is 0 Å². The van der Waals surface area contributed by atoms with Gasteiger partial charge in [-0.15, -0.1) is 0 Å². The zero-order chi connectivity index (χ0) is 16.9. The number of benzene rings is 1. The number of rotatable bonds is 6. The van der Waals surface area contributed by atoms with Gasteiger partial charge in [-0.05, 0) is 25.5 Å². The minimum Gasteiger partial charge on any atom is -0.491 e. The Hall–Kier alpha value is -2.57. The number of carbonyl (C=O) groups is 3. The van der Waals surface area contributed by atoms with Crippen molar-refractivity contribution in [1.82, 2.24) is 10.6 Å². The third-order valence-electron chi connectivity index (χ3n) is 3.62. The standard InChI is InChI=1S/C16H20N2O5/c1-16(15(21)22-2,10-23-11-6-4-3-5-7-11)18-14(20)12-8-9-13(19)17-12/h3-7,12H,8-10H2,1-2H3,(H,17,19)(H,18,20)/t12-,16-/m0/s1. The van der Waals surface area contributed by atoms with Crippen molar-refractivity contribution in [3.63, 3.8) is 0 Å². The Morgan fingerprint density at radius 3 is 2.61 bits per heavy atom. The van der Waals surface area contributed by atoms with Crippen LogP contribution in [0.15, 0.2) is 30.3 Å². The first-order chi connectivity index (χ1) is 10.9. The number of ether oxygens (including phenoxy) is 2. The van der Waals surface area contributed by atoms with Gasteiger partial charge in [0, 0.05) is 6.42 Å². The van der Waals surface area contributed by atoms with E-state index in [-0.39, 0.29) is 12.5 Å². The predicted molar refractivity (Wildman–Crippen MR) is 81.7 cm³/mol. The summed E-state index contributed by atoms with van der Waals surface area (Å²) in [5, 5.41) is 5.19. The quantitative estimate of drug-likeness (QED) is 0.740. The Bertz CT molecular complexity index is 589. The van der Waals surface area contributed by atoms with Gasteiger partial charge in [-0.3, -0.25) is 9.59 Å². The number of hydrogen-bond donors (Lipinski definition) is 2. The minimum atomic E-state index is -1.35. The molecule has 1 fully saturated rings. The maximum atomic E-state index is 12.2. The molecule has 0 unspecified atom stereocenters. The number of nitrogens with one attached hydrogen (secondary N) is 2. The molecule has 0 aliphatic carbocycles. The molecule has 0 spiro atoms. The molecule has 2 amide bonds. The Labute approximate surface area is 134 Å². The van der Waals surface area contributed by atoms with Crippen LogP contribution in [0.2, 0.25) is 0 Å². The monoisotopic (exact) mass is 320 g/mol. The van der Waals surface area contributed by atoms with Crippen LogP contribution in [0, 0.1) is 0 Å². The van der Waals surface area contributed by atoms with E-state index in [1.54, 1.807) is 24.3 Å². The normalized spacial score (nSPS) is 19.4. The summed E-state index contributed by atoms with van der Waals surface area (Å²) in [6, 6.07) is 8.31. The number of amides is 2. The van der Waals surface area contributed by atoms with E-state index < -0.39 is 23.5 Å². The van der Waals surface area contributed by atoms with Crippen LogP contribution in [0.3, 0.4) is 0 Å². The molecule has 1 aromatic rings. The van der Waals surface area contributed by atoms with Crippen molar-refractivity contribution in [2.45, 2.75) is 31.3 Å². The fraction of sp³-hybridized carbons (Fsp3) is 0.438. The molecule has 0 bridgehead atoms. The number of hydrogen-bond acceptors (Lipinski definition) is 5. The van der Waals surface area contributed by atoms with E-state index in [2.05, 4.69) is 10.6 Å². The molecule has 1 aliphatic rings. The van der Waals surface area contributed by atoms with E-state index in [1.165, 1.54) is 14.0 Å². The van der Waals surface area contributed by atoms with E-state index in [1.807, 2.05) is 6.07 Å². The molecule has 1 aromatic carbocycles. The van der Waals surface area contributed by atoms with Crippen LogP contribution in [-0.2, 0) is 19.1 Å². The van der Waals surface area contributed by atoms with Crippen LogP contribution in [-0.4, -0.2) is 43.1 Å². The van der Waals surface area contributed by atoms with E-state index in [0.717, 1.165) is 0 Å². The van der Waals surface area contributed by atoms with Gasteiger partial charge in [-0.2, -0.15) is 0 Å². The first-order valence-electron chi connectivity index (χ1n) is 7.32. The highest BCUT2D eigenvalue weighted by Gasteiger charge is 2.40. The zero-order valence-corrected chi connectivity index (χ0v) is 13.1. The fourth-order valence-electron chi connectivity index (χ4n) is 2.29. The highest BCUT2D eigenvalue weighted by atomic mass is 16.5. The van der Waals surface area contributed by atoms with Gasteiger partial charge >= 0.3 is 5.97 Å². The lowest BCUT2D eigenvalue weighted by molar-refractivity contribution is -0.151. The largest absolute Gasteiger partial charge is 0.491 e. The van der Waals surface area contributed by atoms with Gasteiger partial charge in [0.05, 0.1) is 7.11 Å². The zero-order valence-electron chi connectivity index (χ0n) is 13.1. The molecule has 124 valence electrons. The lowest BCUT2D eigenvalue weighted by Crippen LogP contribution is -2.59. The predicted octanol–water partition coefficient (Wildman–Crippen LogP) is 0.392. The van der Waals surface area contributed by atoms with Gasteiger partial charge < -0.3 is 20.1 Å². The Morgan fingerprint density at radius 1 is 1.35 bits per heavy atom. The maximum absolute atomic E-state index is 12.2. The summed E-state index contributed by atoms with van der Waals surface area (Å²) < 4.78 is 10.3. The van der Waals surface area contributed by atoms with Crippen LogP contribution < -0.4 is 15.4 Å². The topological polar surface area (TPSA) is 93.7 Å². The van der Waals surface area contributed by atoms with Gasteiger partial charge in [0.1, 0.15) is 18.4 Å². The molecular weight excluding hydrogens is 300 g/mol. The molecule has 2 N–H and O–H groups in total. The number of esters is 1. The van der Waals surface area contributed by atoms with Crippen molar-refractivity contribution in [2.24, 2.45) is 0 Å². The number of carbonyl (C=O) groups excluding carboxylic acids is 3. The van der Waals surface area contributed by atoms with E-state index in [4.69, 9.17) is 9.47 Å². The molecular formula is C16H20N2O5. The van der Waals surface area contributed by atoms with Crippen LogP contribution in [0.5, 0.6) is 5.75 Å². The van der Waals surface area contributed by atoms with E-state index >= 15 is 0 Å². The second-order valence-corrected chi connectivity index (χ2v) is 5.57. The van der Waals surface area contributed by atoms with Crippen LogP contribution >= 0.6 is 0 Å². The molecule has 1 heterocycles. The summed E-state index contributed by atoms with van der Waals surface area (Å²) in [6.07, 6.45) is 0.703. The number of methoxy groups -OCH3 is 1. The average molecular weight is 320 g/mol. The van der Waals surface area contributed by atoms with Crippen molar-refractivity contribution < 1.29 is 23.9 Å². The Balaban J connectivity index is 2.04. The maximum Gasteiger partial charge on any atom is 0.334 e. The first-order valence-corrected chi connectivity index (χ1v) is 7.32. The van der Waals surface area contributed by atoms with E-state index in [0.29, 0.717) is 18.6 Å². The van der Waals surface area contributed by atoms with Crippen molar-refractivity contribution >= 4 is 17.8 Å². The molecule has 0 aromatic heterocycles. The van der Waals surface area contributed by atoms with Gasteiger partial charge in [-0.1, -0.05) is 18.2 Å². The molecule has 1 saturated heterocycles. The van der Waals surface area contributed by atoms with Crippen LogP contribution in [0.1, 0.15) is 19.8 Å². The SMILES string of the molecule is COC(=O)[C@](C)(COc1ccccc1)NC(=O)[C@@H]1CCC(=O)N1. The molecule has 0 radical (unpaired) electrons. The molecule has 2 atom stereocenters. The lowest BCUT2D eigenvalue weighted by Gasteiger charge is -2.29. The van der Waals surface area contributed by atoms with Crippen molar-refractivity contribution in [2.75, 3.05) is 13.7 Å². The highest BCUT2D eigenvalue weighted by Crippen LogP contribution is 2.15. The molecule has 7 heteroatoms. The van der Waals surface area contributed by atoms with Gasteiger partial charge in [0.15, 0.2) is 5.54 Å². The van der Waals surface area contributed by atoms with Gasteiger partial charge in [0.2, 0.25) is 11.8 Å². The molecule has 1 aliphatic heterocycles. The smallest absolute Gasteiger partial charge is 0.334 e. The summed E-state index contributed by atoms with van der Waals surface area (Å²) in [7, 11) is 1.24. The molecule has 23 heavy (non-hydrogen) atoms. The second-order valence-electron chi connectivity index (χ2n) is 5.57. The summed E-state index contributed by atoms with van der Waals surface area (Å²) in [4.78, 5) is 35.5. The first kappa shape index (κ1) is 16.8. The van der Waals surface area contributed by atoms with E-state index in [9.17, 15) is 14.4 Å². The Morgan fingerprint density at radius 2 is 2.04 bits per heavy atom. The second kappa shape index (κ2) is 7.13. The average Bonchev–Trinajstić information content (AvgIpc) is 3.00. The third kappa shape index (κ3) is 4.21. The summed E-state index contributed by atoms with van der Waals surface area (Å²) >= 11 is 0. The van der Waals surface area contributed by atoms with Crippen molar-refractivity contribution in [3.05, 3.63) is 30.3 Å². The third-order valence-corrected chi connectivity index (χ3v) is 3.62. The van der Waals surface area contributed by atoms with Crippen molar-refractivity contribution in [3.8, 4) is 5.75 Å². The Kier molecular flexibility index (Phi) is 5.20. The summed E-state index contributed by atoms with van der Waals surface area (Å²) in [5.41, 5.74) is -1.35. The fourth-order valence-corrected chi connectivity index (χ4v) is 2.29. The molecule has 2 rings (SSSR count).